The molecule has 0 aromatic heterocycles. The minimum Gasteiger partial charge on any atom is -0.453 e. The van der Waals surface area contributed by atoms with E-state index in [-0.39, 0.29) is 53.7 Å². The predicted octanol–water partition coefficient (Wildman–Crippen LogP) is 3.73. The van der Waals surface area contributed by atoms with E-state index in [4.69, 9.17) is 0 Å². The number of anilines is 3. The van der Waals surface area contributed by atoms with Crippen molar-refractivity contribution in [1.82, 2.24) is 20.4 Å². The first-order valence-electron chi connectivity index (χ1n) is 18.1. The molecule has 7 amide bonds. The predicted molar refractivity (Wildman–Crippen MR) is 199 cm³/mol. The van der Waals surface area contributed by atoms with Crippen molar-refractivity contribution in [3.05, 3.63) is 54.1 Å². The summed E-state index contributed by atoms with van der Waals surface area (Å²) >= 11 is 0. The third kappa shape index (κ3) is 10.3. The highest BCUT2D eigenvalue weighted by Gasteiger charge is 2.40. The maximum Gasteiger partial charge on any atom is 0.407 e. The summed E-state index contributed by atoms with van der Waals surface area (Å²) < 4.78 is 4.66. The number of methoxy groups -OCH3 is 1. The normalized spacial score (nSPS) is 17.9. The van der Waals surface area contributed by atoms with E-state index in [0.717, 1.165) is 0 Å². The topological polar surface area (TPSA) is 195 Å². The molecule has 0 spiro atoms. The smallest absolute Gasteiger partial charge is 0.407 e. The van der Waals surface area contributed by atoms with Gasteiger partial charge in [-0.25, -0.2) is 4.79 Å². The highest BCUT2D eigenvalue weighted by molar-refractivity contribution is 6.05. The van der Waals surface area contributed by atoms with Crippen LogP contribution in [0.3, 0.4) is 0 Å². The van der Waals surface area contributed by atoms with Crippen LogP contribution >= 0.6 is 0 Å². The maximum atomic E-state index is 13.3. The third-order valence-corrected chi connectivity index (χ3v) is 9.46. The van der Waals surface area contributed by atoms with E-state index < -0.39 is 30.3 Å². The Labute approximate surface area is 309 Å². The van der Waals surface area contributed by atoms with E-state index in [1.807, 2.05) is 13.8 Å². The van der Waals surface area contributed by atoms with Gasteiger partial charge in [-0.3, -0.25) is 28.8 Å². The monoisotopic (exact) mass is 733 g/mol. The number of rotatable bonds is 13. The average molecular weight is 734 g/mol. The van der Waals surface area contributed by atoms with E-state index in [0.29, 0.717) is 61.4 Å². The lowest BCUT2D eigenvalue weighted by Gasteiger charge is -2.30. The lowest BCUT2D eigenvalue weighted by Crippen LogP contribution is -2.54. The van der Waals surface area contributed by atoms with Gasteiger partial charge in [0.05, 0.1) is 7.11 Å². The fourth-order valence-corrected chi connectivity index (χ4v) is 6.45. The van der Waals surface area contributed by atoms with E-state index in [9.17, 15) is 33.6 Å². The van der Waals surface area contributed by atoms with Gasteiger partial charge >= 0.3 is 6.09 Å². The van der Waals surface area contributed by atoms with Gasteiger partial charge < -0.3 is 41.1 Å². The van der Waals surface area contributed by atoms with Gasteiger partial charge in [0.1, 0.15) is 24.2 Å². The van der Waals surface area contributed by atoms with Gasteiger partial charge in [-0.05, 0) is 86.1 Å². The minimum absolute atomic E-state index is 0.144. The summed E-state index contributed by atoms with van der Waals surface area (Å²) in [5, 5.41) is 13.8. The lowest BCUT2D eigenvalue weighted by molar-refractivity contribution is -0.141. The van der Waals surface area contributed by atoms with Gasteiger partial charge in [-0.2, -0.15) is 0 Å². The maximum absolute atomic E-state index is 13.3. The number of likely N-dealkylation sites (tertiary alicyclic amines) is 2. The molecule has 53 heavy (non-hydrogen) atoms. The van der Waals surface area contributed by atoms with Gasteiger partial charge in [0.2, 0.25) is 29.5 Å². The Morgan fingerprint density at radius 2 is 1.08 bits per heavy atom. The Kier molecular flexibility index (Phi) is 13.9. The summed E-state index contributed by atoms with van der Waals surface area (Å²) in [7, 11) is 1.22. The zero-order valence-electron chi connectivity index (χ0n) is 31.2. The zero-order valence-corrected chi connectivity index (χ0v) is 31.2. The molecule has 0 bridgehead atoms. The summed E-state index contributed by atoms with van der Waals surface area (Å²) in [5.41, 5.74) is 1.77. The quantitative estimate of drug-likeness (QED) is 0.205. The summed E-state index contributed by atoms with van der Waals surface area (Å²) in [6, 6.07) is 10.00. The summed E-state index contributed by atoms with van der Waals surface area (Å²) in [5.74, 6) is -2.29. The van der Waals surface area contributed by atoms with Crippen LogP contribution in [0.15, 0.2) is 48.5 Å². The minimum atomic E-state index is -0.834. The van der Waals surface area contributed by atoms with Gasteiger partial charge in [-0.1, -0.05) is 34.6 Å². The SMILES string of the molecule is CCC(=O)N[C@H](C(=O)N1CCC[C@H]1C(=O)Nc1ccc(C(=O)Nc2ccc(NC(=O)[C@@H]3CCCN3C(=O)[C@@H](NC(=O)OC)C(C)C)cc2)cc1)C(C)C. The number of carbonyl (C=O) groups excluding carboxylic acids is 7. The standard InChI is InChI=1S/C38H51N7O8/c1-7-30(46)42-31(22(2)3)36(50)44-20-8-10-28(44)34(48)40-25-14-12-24(13-15-25)33(47)39-26-16-18-27(19-17-26)41-35(49)29-11-9-21-45(29)37(51)32(23(4)5)43-38(52)53-6/h12-19,22-23,28-29,31-32H,7-11,20-21H2,1-6H3,(H,39,47)(H,40,48)(H,41,49)(H,42,46)(H,43,52)/t28-,29-,31-,32-/m0/s1. The highest BCUT2D eigenvalue weighted by atomic mass is 16.5. The fourth-order valence-electron chi connectivity index (χ4n) is 6.45. The van der Waals surface area contributed by atoms with E-state index in [1.54, 1.807) is 69.3 Å². The fraction of sp³-hybridized carbons (Fsp3) is 0.500. The molecule has 0 radical (unpaired) electrons. The van der Waals surface area contributed by atoms with Crippen LogP contribution in [0.5, 0.6) is 0 Å². The Morgan fingerprint density at radius 3 is 1.49 bits per heavy atom. The van der Waals surface area contributed by atoms with Crippen LogP contribution in [0.25, 0.3) is 0 Å². The van der Waals surface area contributed by atoms with Gasteiger partial charge in [-0.15, -0.1) is 0 Å². The Bertz CT molecular complexity index is 1660. The van der Waals surface area contributed by atoms with Crippen molar-refractivity contribution in [2.75, 3.05) is 36.1 Å². The van der Waals surface area contributed by atoms with Crippen molar-refractivity contribution in [2.24, 2.45) is 11.8 Å². The van der Waals surface area contributed by atoms with Gasteiger partial charge in [0.25, 0.3) is 5.91 Å². The lowest BCUT2D eigenvalue weighted by atomic mass is 10.0. The molecule has 0 saturated carbocycles. The summed E-state index contributed by atoms with van der Waals surface area (Å²) in [6.07, 6.45) is 1.83. The number of nitrogens with one attached hydrogen (secondary N) is 5. The molecular weight excluding hydrogens is 682 g/mol. The molecule has 15 heteroatoms. The van der Waals surface area contributed by atoms with Crippen LogP contribution in [-0.4, -0.2) is 95.7 Å². The van der Waals surface area contributed by atoms with Crippen molar-refractivity contribution in [3.8, 4) is 0 Å². The number of hydrogen-bond donors (Lipinski definition) is 5. The average Bonchev–Trinajstić information content (AvgIpc) is 3.84. The Balaban J connectivity index is 1.31. The molecule has 0 aliphatic carbocycles. The third-order valence-electron chi connectivity index (χ3n) is 9.46. The molecule has 4 atom stereocenters. The number of alkyl carbamates (subject to hydrolysis) is 1. The molecule has 2 saturated heterocycles. The van der Waals surface area contributed by atoms with Crippen LogP contribution < -0.4 is 26.6 Å². The number of benzene rings is 2. The van der Waals surface area contributed by atoms with E-state index in [1.165, 1.54) is 16.9 Å². The Hall–Kier alpha value is -5.47. The number of carbonyl (C=O) groups is 7. The largest absolute Gasteiger partial charge is 0.453 e. The summed E-state index contributed by atoms with van der Waals surface area (Å²) in [4.78, 5) is 93.0. The number of ether oxygens (including phenoxy) is 1. The molecule has 2 aromatic rings. The van der Waals surface area contributed by atoms with Crippen LogP contribution in [0.4, 0.5) is 21.9 Å². The highest BCUT2D eigenvalue weighted by Crippen LogP contribution is 2.24. The Morgan fingerprint density at radius 1 is 0.660 bits per heavy atom. The second-order valence-electron chi connectivity index (χ2n) is 14.0. The summed E-state index contributed by atoms with van der Waals surface area (Å²) in [6.45, 7) is 9.84. The second-order valence-corrected chi connectivity index (χ2v) is 14.0. The zero-order chi connectivity index (χ0) is 38.8. The van der Waals surface area contributed by atoms with Crippen molar-refractivity contribution in [2.45, 2.75) is 90.9 Å². The van der Waals surface area contributed by atoms with E-state index in [2.05, 4.69) is 31.3 Å². The van der Waals surface area contributed by atoms with Crippen molar-refractivity contribution in [3.63, 3.8) is 0 Å². The molecule has 5 N–H and O–H groups in total. The molecule has 286 valence electrons. The molecular formula is C38H51N7O8. The first kappa shape index (κ1) is 40.3. The number of hydrogen-bond acceptors (Lipinski definition) is 8. The van der Waals surface area contributed by atoms with Crippen LogP contribution in [-0.2, 0) is 28.7 Å². The molecule has 2 heterocycles. The van der Waals surface area contributed by atoms with Crippen LogP contribution in [0.1, 0.15) is 77.1 Å². The molecule has 2 aliphatic rings. The van der Waals surface area contributed by atoms with Gasteiger partial charge in [0, 0.05) is 42.1 Å². The van der Waals surface area contributed by atoms with Crippen LogP contribution in [0, 0.1) is 11.8 Å². The number of amides is 7. The van der Waals surface area contributed by atoms with E-state index >= 15 is 0 Å². The molecule has 4 rings (SSSR count). The first-order chi connectivity index (χ1) is 25.2. The van der Waals surface area contributed by atoms with Crippen molar-refractivity contribution in [1.29, 1.82) is 0 Å². The molecule has 2 aromatic carbocycles. The second kappa shape index (κ2) is 18.3. The first-order valence-corrected chi connectivity index (χ1v) is 18.1. The molecule has 2 fully saturated rings. The number of nitrogens with zero attached hydrogens (tertiary/aromatic N) is 2. The molecule has 2 aliphatic heterocycles. The van der Waals surface area contributed by atoms with Gasteiger partial charge in [0.15, 0.2) is 0 Å². The van der Waals surface area contributed by atoms with Crippen LogP contribution in [0.2, 0.25) is 0 Å². The molecule has 0 unspecified atom stereocenters. The van der Waals surface area contributed by atoms with Crippen molar-refractivity contribution < 1.29 is 38.3 Å². The molecule has 15 nitrogen and oxygen atoms in total. The van der Waals surface area contributed by atoms with Crippen molar-refractivity contribution >= 4 is 58.6 Å².